The molecule has 0 atom stereocenters. The van der Waals surface area contributed by atoms with E-state index >= 15 is 0 Å². The van der Waals surface area contributed by atoms with Crippen LogP contribution in [0, 0.1) is 0 Å². The molecule has 0 heterocycles. The first-order valence-electron chi connectivity index (χ1n) is 6.00. The molecule has 7 heteroatoms. The number of nitrogens with zero attached hydrogens (tertiary/aromatic N) is 1. The van der Waals surface area contributed by atoms with Gasteiger partial charge in [0, 0.05) is 18.8 Å². The first-order chi connectivity index (χ1) is 9.12. The number of rotatable bonds is 5. The lowest BCUT2D eigenvalue weighted by Crippen LogP contribution is -2.39. The van der Waals surface area contributed by atoms with Crippen LogP contribution < -0.4 is 0 Å². The summed E-state index contributed by atoms with van der Waals surface area (Å²) >= 11 is 11.2. The topological polar surface area (TPSA) is 54.5 Å². The number of hydrogen-bond donors (Lipinski definition) is 0. The number of alkyl halides is 2. The van der Waals surface area contributed by atoms with Crippen molar-refractivity contribution >= 4 is 38.9 Å². The molecule has 1 aromatic carbocycles. The van der Waals surface area contributed by atoms with E-state index in [0.29, 0.717) is 6.54 Å². The predicted molar refractivity (Wildman–Crippen MR) is 80.7 cm³/mol. The molecule has 0 spiro atoms. The Morgan fingerprint density at radius 3 is 2.05 bits per heavy atom. The molecule has 1 aromatic rings. The van der Waals surface area contributed by atoms with E-state index in [1.807, 2.05) is 13.8 Å². The lowest BCUT2D eigenvalue weighted by Gasteiger charge is -2.27. The molecule has 20 heavy (non-hydrogen) atoms. The van der Waals surface area contributed by atoms with Gasteiger partial charge in [-0.15, -0.1) is 0 Å². The third-order valence-corrected chi connectivity index (χ3v) is 4.30. The molecule has 0 aliphatic rings. The molecule has 0 aliphatic carbocycles. The van der Waals surface area contributed by atoms with Gasteiger partial charge in [0.05, 0.1) is 4.90 Å². The van der Waals surface area contributed by atoms with Crippen molar-refractivity contribution in [2.75, 3.05) is 6.26 Å². The van der Waals surface area contributed by atoms with Crippen LogP contribution in [0.5, 0.6) is 0 Å². The van der Waals surface area contributed by atoms with Crippen molar-refractivity contribution in [2.24, 2.45) is 0 Å². The van der Waals surface area contributed by atoms with Crippen LogP contribution in [0.25, 0.3) is 0 Å². The average molecular weight is 338 g/mol. The highest BCUT2D eigenvalue weighted by Gasteiger charge is 2.22. The Morgan fingerprint density at radius 2 is 1.70 bits per heavy atom. The second-order valence-corrected chi connectivity index (χ2v) is 7.89. The van der Waals surface area contributed by atoms with E-state index in [4.69, 9.17) is 23.2 Å². The zero-order valence-corrected chi connectivity index (χ0v) is 13.8. The van der Waals surface area contributed by atoms with Crippen molar-refractivity contribution in [3.63, 3.8) is 0 Å². The number of halogens is 2. The normalized spacial score (nSPS) is 11.9. The maximum atomic E-state index is 11.9. The van der Waals surface area contributed by atoms with Crippen LogP contribution in [-0.2, 0) is 21.2 Å². The molecule has 1 rings (SSSR count). The predicted octanol–water partition coefficient (Wildman–Crippen LogP) is 2.63. The number of hydrogen-bond acceptors (Lipinski definition) is 3. The molecule has 0 fully saturated rings. The monoisotopic (exact) mass is 337 g/mol. The molecule has 0 N–H and O–H groups in total. The third kappa shape index (κ3) is 4.65. The summed E-state index contributed by atoms with van der Waals surface area (Å²) < 4.78 is 22.7. The van der Waals surface area contributed by atoms with Gasteiger partial charge in [0.2, 0.25) is 0 Å². The van der Waals surface area contributed by atoms with Crippen molar-refractivity contribution in [3.8, 4) is 0 Å². The molecule has 1 amide bonds. The number of carbonyl (C=O) groups excluding carboxylic acids is 1. The average Bonchev–Trinajstić information content (AvgIpc) is 2.34. The quantitative estimate of drug-likeness (QED) is 0.776. The molecule has 0 radical (unpaired) electrons. The van der Waals surface area contributed by atoms with Crippen LogP contribution in [-0.4, -0.2) is 36.4 Å². The van der Waals surface area contributed by atoms with Crippen molar-refractivity contribution in [2.45, 2.75) is 36.2 Å². The largest absolute Gasteiger partial charge is 0.334 e. The van der Waals surface area contributed by atoms with Crippen molar-refractivity contribution in [1.82, 2.24) is 4.90 Å². The van der Waals surface area contributed by atoms with Gasteiger partial charge in [-0.25, -0.2) is 8.42 Å². The van der Waals surface area contributed by atoms with E-state index in [-0.39, 0.29) is 16.8 Å². The summed E-state index contributed by atoms with van der Waals surface area (Å²) in [4.78, 5) is 12.6. The van der Waals surface area contributed by atoms with E-state index in [1.54, 1.807) is 17.0 Å². The minimum absolute atomic E-state index is 0.0583. The summed E-state index contributed by atoms with van der Waals surface area (Å²) in [5.41, 5.74) is 0.813. The molecular formula is C13H17Cl2NO3S. The zero-order chi connectivity index (χ0) is 15.5. The van der Waals surface area contributed by atoms with Gasteiger partial charge in [-0.1, -0.05) is 35.3 Å². The standard InChI is InChI=1S/C13H17Cl2NO3S/c1-9(2)16(13(17)12(14)15)8-10-4-6-11(7-5-10)20(3,18)19/h4-7,9,12H,8H2,1-3H3. The van der Waals surface area contributed by atoms with E-state index in [1.165, 1.54) is 12.1 Å². The van der Waals surface area contributed by atoms with Gasteiger partial charge in [-0.05, 0) is 31.5 Å². The SMILES string of the molecule is CC(C)N(Cc1ccc(S(C)(=O)=O)cc1)C(=O)C(Cl)Cl. The molecule has 112 valence electrons. The van der Waals surface area contributed by atoms with E-state index in [9.17, 15) is 13.2 Å². The number of sulfone groups is 1. The highest BCUT2D eigenvalue weighted by molar-refractivity contribution is 7.90. The van der Waals surface area contributed by atoms with Crippen molar-refractivity contribution in [1.29, 1.82) is 0 Å². The Labute approximate surface area is 129 Å². The summed E-state index contributed by atoms with van der Waals surface area (Å²) in [5, 5.41) is 0. The Bertz CT molecular complexity index is 568. The van der Waals surface area contributed by atoms with Gasteiger partial charge in [-0.3, -0.25) is 4.79 Å². The minimum atomic E-state index is -3.22. The molecule has 0 unspecified atom stereocenters. The van der Waals surface area contributed by atoms with Crippen LogP contribution in [0.3, 0.4) is 0 Å². The molecule has 0 bridgehead atoms. The van der Waals surface area contributed by atoms with Crippen LogP contribution in [0.1, 0.15) is 19.4 Å². The third-order valence-electron chi connectivity index (χ3n) is 2.80. The zero-order valence-electron chi connectivity index (χ0n) is 11.5. The molecule has 0 aliphatic heterocycles. The second-order valence-electron chi connectivity index (χ2n) is 4.78. The van der Waals surface area contributed by atoms with Crippen LogP contribution in [0.2, 0.25) is 0 Å². The van der Waals surface area contributed by atoms with E-state index < -0.39 is 14.7 Å². The number of carbonyl (C=O) groups is 1. The van der Waals surface area contributed by atoms with Gasteiger partial charge in [0.15, 0.2) is 14.7 Å². The lowest BCUT2D eigenvalue weighted by molar-refractivity contribution is -0.131. The Kier molecular flexibility index (Phi) is 5.86. The summed E-state index contributed by atoms with van der Waals surface area (Å²) in [6.07, 6.45) is 1.15. The Morgan fingerprint density at radius 1 is 1.20 bits per heavy atom. The molecule has 0 aromatic heterocycles. The fraction of sp³-hybridized carbons (Fsp3) is 0.462. The van der Waals surface area contributed by atoms with Crippen molar-refractivity contribution in [3.05, 3.63) is 29.8 Å². The number of benzene rings is 1. The van der Waals surface area contributed by atoms with Gasteiger partial charge in [-0.2, -0.15) is 0 Å². The lowest BCUT2D eigenvalue weighted by atomic mass is 10.2. The van der Waals surface area contributed by atoms with Gasteiger partial charge in [0.1, 0.15) is 0 Å². The molecule has 0 saturated carbocycles. The highest BCUT2D eigenvalue weighted by Crippen LogP contribution is 2.16. The number of amides is 1. The Balaban J connectivity index is 2.93. The minimum Gasteiger partial charge on any atom is -0.334 e. The summed E-state index contributed by atoms with van der Waals surface area (Å²) in [7, 11) is -3.22. The van der Waals surface area contributed by atoms with E-state index in [2.05, 4.69) is 0 Å². The van der Waals surface area contributed by atoms with E-state index in [0.717, 1.165) is 11.8 Å². The van der Waals surface area contributed by atoms with Crippen LogP contribution >= 0.6 is 23.2 Å². The Hall–Kier alpha value is -0.780. The second kappa shape index (κ2) is 6.78. The maximum absolute atomic E-state index is 11.9. The smallest absolute Gasteiger partial charge is 0.256 e. The fourth-order valence-corrected chi connectivity index (χ4v) is 2.56. The fourth-order valence-electron chi connectivity index (χ4n) is 1.68. The summed E-state index contributed by atoms with van der Waals surface area (Å²) in [6, 6.07) is 6.34. The maximum Gasteiger partial charge on any atom is 0.256 e. The molecule has 0 saturated heterocycles. The first-order valence-corrected chi connectivity index (χ1v) is 8.77. The van der Waals surface area contributed by atoms with Gasteiger partial charge in [0.25, 0.3) is 5.91 Å². The van der Waals surface area contributed by atoms with Gasteiger partial charge < -0.3 is 4.90 Å². The molecular weight excluding hydrogens is 321 g/mol. The van der Waals surface area contributed by atoms with Crippen LogP contribution in [0.15, 0.2) is 29.2 Å². The summed E-state index contributed by atoms with van der Waals surface area (Å²) in [5.74, 6) is -0.365. The molecule has 4 nitrogen and oxygen atoms in total. The van der Waals surface area contributed by atoms with Crippen LogP contribution in [0.4, 0.5) is 0 Å². The van der Waals surface area contributed by atoms with Gasteiger partial charge >= 0.3 is 0 Å². The highest BCUT2D eigenvalue weighted by atomic mass is 35.5. The first kappa shape index (κ1) is 17.3. The van der Waals surface area contributed by atoms with Crippen molar-refractivity contribution < 1.29 is 13.2 Å². The summed E-state index contributed by atoms with van der Waals surface area (Å²) in [6.45, 7) is 4.05.